The molecule has 0 aromatic heterocycles. The van der Waals surface area contributed by atoms with Crippen molar-refractivity contribution >= 4 is 5.91 Å². The first-order valence-corrected chi connectivity index (χ1v) is 6.08. The zero-order valence-corrected chi connectivity index (χ0v) is 11.4. The Labute approximate surface area is 119 Å². The number of carbonyl (C=O) groups excluding carboxylic acids is 1. The molecule has 0 saturated heterocycles. The molecule has 5 nitrogen and oxygen atoms in total. The standard InChI is InChI=1S/C13H16F3NO4/c1-20-10-2-4-11(5-3-10)21-8-12(19)17(6-7-18)9-13(14,15)16/h2-5,18H,6-9H2,1H3. The fraction of sp³-hybridized carbons (Fsp3) is 0.462. The normalized spacial score (nSPS) is 11.1. The highest BCUT2D eigenvalue weighted by molar-refractivity contribution is 5.77. The van der Waals surface area contributed by atoms with Gasteiger partial charge in [-0.05, 0) is 24.3 Å². The molecule has 8 heteroatoms. The Morgan fingerprint density at radius 3 is 2.29 bits per heavy atom. The number of carbonyl (C=O) groups is 1. The first-order valence-electron chi connectivity index (χ1n) is 6.08. The van der Waals surface area contributed by atoms with E-state index in [9.17, 15) is 18.0 Å². The minimum Gasteiger partial charge on any atom is -0.497 e. The SMILES string of the molecule is COc1ccc(OCC(=O)N(CCO)CC(F)(F)F)cc1. The molecule has 0 spiro atoms. The van der Waals surface area contributed by atoms with Gasteiger partial charge in [0.1, 0.15) is 18.0 Å². The van der Waals surface area contributed by atoms with Crippen LogP contribution in [0.1, 0.15) is 0 Å². The van der Waals surface area contributed by atoms with Crippen molar-refractivity contribution in [2.45, 2.75) is 6.18 Å². The average molecular weight is 307 g/mol. The smallest absolute Gasteiger partial charge is 0.406 e. The van der Waals surface area contributed by atoms with Crippen LogP contribution in [0.15, 0.2) is 24.3 Å². The second kappa shape index (κ2) is 7.72. The molecule has 0 aliphatic rings. The Morgan fingerprint density at radius 2 is 1.81 bits per heavy atom. The summed E-state index contributed by atoms with van der Waals surface area (Å²) < 4.78 is 47.0. The Bertz CT molecular complexity index is 448. The molecule has 0 fully saturated rings. The summed E-state index contributed by atoms with van der Waals surface area (Å²) >= 11 is 0. The summed E-state index contributed by atoms with van der Waals surface area (Å²) in [7, 11) is 1.49. The molecule has 0 aliphatic carbocycles. The van der Waals surface area contributed by atoms with E-state index in [-0.39, 0.29) is 0 Å². The molecule has 0 bridgehead atoms. The zero-order valence-electron chi connectivity index (χ0n) is 11.4. The van der Waals surface area contributed by atoms with Crippen LogP contribution in [0.5, 0.6) is 11.5 Å². The minimum absolute atomic E-state index is 0.333. The molecular weight excluding hydrogens is 291 g/mol. The monoisotopic (exact) mass is 307 g/mol. The quantitative estimate of drug-likeness (QED) is 0.828. The van der Waals surface area contributed by atoms with Gasteiger partial charge < -0.3 is 19.5 Å². The van der Waals surface area contributed by atoms with Gasteiger partial charge in [0.2, 0.25) is 0 Å². The highest BCUT2D eigenvalue weighted by Crippen LogP contribution is 2.18. The van der Waals surface area contributed by atoms with E-state index in [0.717, 1.165) is 0 Å². The molecule has 0 aliphatic heterocycles. The van der Waals surface area contributed by atoms with Gasteiger partial charge in [0.05, 0.1) is 13.7 Å². The number of hydrogen-bond acceptors (Lipinski definition) is 4. The van der Waals surface area contributed by atoms with Gasteiger partial charge >= 0.3 is 6.18 Å². The van der Waals surface area contributed by atoms with Crippen molar-refractivity contribution in [2.24, 2.45) is 0 Å². The second-order valence-corrected chi connectivity index (χ2v) is 4.12. The molecule has 1 rings (SSSR count). The largest absolute Gasteiger partial charge is 0.497 e. The summed E-state index contributed by atoms with van der Waals surface area (Å²) in [5.41, 5.74) is 0. The van der Waals surface area contributed by atoms with Gasteiger partial charge in [-0.2, -0.15) is 13.2 Å². The minimum atomic E-state index is -4.52. The van der Waals surface area contributed by atoms with Crippen LogP contribution >= 0.6 is 0 Å². The predicted molar refractivity (Wildman–Crippen MR) is 68.2 cm³/mol. The average Bonchev–Trinajstić information content (AvgIpc) is 2.43. The molecular formula is C13H16F3NO4. The molecule has 1 aromatic carbocycles. The van der Waals surface area contributed by atoms with Gasteiger partial charge in [0.25, 0.3) is 5.91 Å². The summed E-state index contributed by atoms with van der Waals surface area (Å²) in [5.74, 6) is 0.0740. The summed E-state index contributed by atoms with van der Waals surface area (Å²) in [6.45, 7) is -2.91. The van der Waals surface area contributed by atoms with Crippen LogP contribution in [-0.4, -0.2) is 55.5 Å². The van der Waals surface area contributed by atoms with Crippen LogP contribution in [0, 0.1) is 0 Å². The molecule has 0 unspecified atom stereocenters. The van der Waals surface area contributed by atoms with Crippen LogP contribution in [0.25, 0.3) is 0 Å². The zero-order chi connectivity index (χ0) is 15.9. The number of hydrogen-bond donors (Lipinski definition) is 1. The maximum Gasteiger partial charge on any atom is 0.406 e. The van der Waals surface area contributed by atoms with Gasteiger partial charge in [-0.25, -0.2) is 0 Å². The molecule has 1 N–H and O–H groups in total. The second-order valence-electron chi connectivity index (χ2n) is 4.12. The molecule has 0 saturated carbocycles. The van der Waals surface area contributed by atoms with E-state index in [1.54, 1.807) is 12.1 Å². The molecule has 0 radical (unpaired) electrons. The number of aliphatic hydroxyl groups excluding tert-OH is 1. The number of benzene rings is 1. The van der Waals surface area contributed by atoms with Crippen molar-refractivity contribution in [3.8, 4) is 11.5 Å². The Morgan fingerprint density at radius 1 is 1.24 bits per heavy atom. The van der Waals surface area contributed by atoms with Crippen LogP contribution in [0.3, 0.4) is 0 Å². The first-order chi connectivity index (χ1) is 9.85. The molecule has 0 atom stereocenters. The molecule has 21 heavy (non-hydrogen) atoms. The highest BCUT2D eigenvalue weighted by Gasteiger charge is 2.32. The van der Waals surface area contributed by atoms with E-state index in [4.69, 9.17) is 14.6 Å². The van der Waals surface area contributed by atoms with E-state index in [0.29, 0.717) is 16.4 Å². The lowest BCUT2D eigenvalue weighted by atomic mass is 10.3. The summed E-state index contributed by atoms with van der Waals surface area (Å²) in [6.07, 6.45) is -4.52. The molecule has 1 amide bonds. The fourth-order valence-electron chi connectivity index (χ4n) is 1.54. The first kappa shape index (κ1) is 17.1. The van der Waals surface area contributed by atoms with Crippen molar-refractivity contribution in [2.75, 3.05) is 33.4 Å². The van der Waals surface area contributed by atoms with Crippen LogP contribution in [0.2, 0.25) is 0 Å². The maximum absolute atomic E-state index is 12.3. The molecule has 0 heterocycles. The lowest BCUT2D eigenvalue weighted by molar-refractivity contribution is -0.163. The number of aliphatic hydroxyl groups is 1. The summed E-state index contributed by atoms with van der Waals surface area (Å²) in [5, 5.41) is 8.71. The number of halogens is 3. The van der Waals surface area contributed by atoms with Crippen molar-refractivity contribution < 1.29 is 32.5 Å². The number of amides is 1. The van der Waals surface area contributed by atoms with E-state index in [2.05, 4.69) is 0 Å². The Balaban J connectivity index is 2.55. The van der Waals surface area contributed by atoms with Gasteiger partial charge in [-0.1, -0.05) is 0 Å². The van der Waals surface area contributed by atoms with Crippen molar-refractivity contribution in [3.05, 3.63) is 24.3 Å². The number of methoxy groups -OCH3 is 1. The third kappa shape index (κ3) is 6.35. The Hall–Kier alpha value is -1.96. The lowest BCUT2D eigenvalue weighted by Gasteiger charge is -2.23. The topological polar surface area (TPSA) is 59.0 Å². The number of ether oxygens (including phenoxy) is 2. The van der Waals surface area contributed by atoms with Crippen molar-refractivity contribution in [1.82, 2.24) is 4.90 Å². The van der Waals surface area contributed by atoms with Gasteiger partial charge in [-0.15, -0.1) is 0 Å². The number of nitrogens with zero attached hydrogens (tertiary/aromatic N) is 1. The fourth-order valence-corrected chi connectivity index (χ4v) is 1.54. The van der Waals surface area contributed by atoms with Gasteiger partial charge in [0, 0.05) is 6.54 Å². The van der Waals surface area contributed by atoms with E-state index < -0.39 is 38.4 Å². The third-order valence-electron chi connectivity index (χ3n) is 2.51. The third-order valence-corrected chi connectivity index (χ3v) is 2.51. The number of alkyl halides is 3. The van der Waals surface area contributed by atoms with E-state index >= 15 is 0 Å². The number of rotatable bonds is 7. The van der Waals surface area contributed by atoms with Gasteiger partial charge in [-0.3, -0.25) is 4.79 Å². The van der Waals surface area contributed by atoms with Crippen LogP contribution < -0.4 is 9.47 Å². The molecule has 118 valence electrons. The summed E-state index contributed by atoms with van der Waals surface area (Å²) in [6, 6.07) is 6.26. The summed E-state index contributed by atoms with van der Waals surface area (Å²) in [4.78, 5) is 12.2. The van der Waals surface area contributed by atoms with Crippen LogP contribution in [0.4, 0.5) is 13.2 Å². The highest BCUT2D eigenvalue weighted by atomic mass is 19.4. The van der Waals surface area contributed by atoms with Crippen molar-refractivity contribution in [3.63, 3.8) is 0 Å². The maximum atomic E-state index is 12.3. The van der Waals surface area contributed by atoms with Crippen molar-refractivity contribution in [1.29, 1.82) is 0 Å². The lowest BCUT2D eigenvalue weighted by Crippen LogP contribution is -2.42. The predicted octanol–water partition coefficient (Wildman–Crippen LogP) is 1.46. The van der Waals surface area contributed by atoms with E-state index in [1.807, 2.05) is 0 Å². The Kier molecular flexibility index (Phi) is 6.29. The molecule has 1 aromatic rings. The van der Waals surface area contributed by atoms with Crippen LogP contribution in [-0.2, 0) is 4.79 Å². The van der Waals surface area contributed by atoms with Gasteiger partial charge in [0.15, 0.2) is 6.61 Å². The van der Waals surface area contributed by atoms with E-state index in [1.165, 1.54) is 19.2 Å².